The highest BCUT2D eigenvalue weighted by molar-refractivity contribution is 5.79. The van der Waals surface area contributed by atoms with Crippen LogP contribution in [0.1, 0.15) is 22.9 Å². The molecule has 0 atom stereocenters. The molecule has 2 heterocycles. The summed E-state index contributed by atoms with van der Waals surface area (Å²) in [7, 11) is 1.72. The summed E-state index contributed by atoms with van der Waals surface area (Å²) in [6.45, 7) is 0.568. The molecule has 28 heavy (non-hydrogen) atoms. The lowest BCUT2D eigenvalue weighted by molar-refractivity contribution is -0.102. The summed E-state index contributed by atoms with van der Waals surface area (Å²) < 4.78 is 7.14. The molecule has 7 heteroatoms. The number of likely N-dealkylation sites (tertiary alicyclic amines) is 1. The second-order valence-electron chi connectivity index (χ2n) is 7.40. The van der Waals surface area contributed by atoms with Crippen LogP contribution in [0.2, 0.25) is 0 Å². The van der Waals surface area contributed by atoms with E-state index in [9.17, 15) is 9.90 Å². The highest BCUT2D eigenvalue weighted by atomic mass is 16.6. The number of hydrogen-bond acceptors (Lipinski definition) is 5. The van der Waals surface area contributed by atoms with Crippen molar-refractivity contribution in [3.05, 3.63) is 71.8 Å². The topological polar surface area (TPSA) is 80.5 Å². The van der Waals surface area contributed by atoms with Crippen LogP contribution in [0, 0.1) is 0 Å². The molecular formula is C21H20N4O3. The Morgan fingerprint density at radius 1 is 1.14 bits per heavy atom. The molecule has 142 valence electrons. The molecule has 7 nitrogen and oxygen atoms in total. The zero-order valence-electron chi connectivity index (χ0n) is 15.4. The third kappa shape index (κ3) is 2.51. The summed E-state index contributed by atoms with van der Waals surface area (Å²) in [5, 5.41) is 14.6. The fourth-order valence-electron chi connectivity index (χ4n) is 4.26. The Hall–Kier alpha value is -3.19. The maximum Gasteiger partial charge on any atom is 0.410 e. The van der Waals surface area contributed by atoms with Crippen LogP contribution in [0.5, 0.6) is 0 Å². The SMILES string of the molecule is Cn1ncnc1C1(O)CN(C(=O)OCC2c3ccccc3-c3ccccc32)C1. The molecule has 1 fully saturated rings. The predicted molar refractivity (Wildman–Crippen MR) is 102 cm³/mol. The quantitative estimate of drug-likeness (QED) is 0.758. The molecule has 1 N–H and O–H groups in total. The first-order valence-electron chi connectivity index (χ1n) is 9.23. The first kappa shape index (κ1) is 16.9. The van der Waals surface area contributed by atoms with E-state index in [1.165, 1.54) is 38.2 Å². The molecule has 0 saturated carbocycles. The molecule has 2 aromatic carbocycles. The zero-order chi connectivity index (χ0) is 19.3. The average Bonchev–Trinajstić information content (AvgIpc) is 3.25. The van der Waals surface area contributed by atoms with Gasteiger partial charge in [0.2, 0.25) is 0 Å². The molecule has 3 aromatic rings. The van der Waals surface area contributed by atoms with Crippen LogP contribution < -0.4 is 0 Å². The van der Waals surface area contributed by atoms with Gasteiger partial charge in [0.25, 0.3) is 0 Å². The van der Waals surface area contributed by atoms with Crippen LogP contribution in [-0.4, -0.2) is 50.6 Å². The third-order valence-electron chi connectivity index (χ3n) is 5.63. The molecule has 1 aromatic heterocycles. The Balaban J connectivity index is 1.28. The van der Waals surface area contributed by atoms with Gasteiger partial charge in [-0.25, -0.2) is 9.78 Å². The minimum Gasteiger partial charge on any atom is -0.448 e. The second-order valence-corrected chi connectivity index (χ2v) is 7.40. The fraction of sp³-hybridized carbons (Fsp3) is 0.286. The molecule has 1 aliphatic carbocycles. The zero-order valence-corrected chi connectivity index (χ0v) is 15.4. The molecule has 1 amide bonds. The summed E-state index contributed by atoms with van der Waals surface area (Å²) in [5.41, 5.74) is 3.57. The van der Waals surface area contributed by atoms with Crippen LogP contribution in [0.15, 0.2) is 54.9 Å². The summed E-state index contributed by atoms with van der Waals surface area (Å²) in [4.78, 5) is 18.1. The maximum absolute atomic E-state index is 12.5. The standard InChI is InChI=1S/C21H20N4O3/c1-24-19(22-13-23-24)21(27)11-25(12-21)20(26)28-10-18-16-8-4-2-6-14(16)15-7-3-5-9-17(15)18/h2-9,13,18,27H,10-12H2,1H3. The van der Waals surface area contributed by atoms with E-state index in [0.29, 0.717) is 5.82 Å². The number of amides is 1. The van der Waals surface area contributed by atoms with Crippen molar-refractivity contribution in [3.8, 4) is 11.1 Å². The summed E-state index contributed by atoms with van der Waals surface area (Å²) in [5.74, 6) is 0.477. The van der Waals surface area contributed by atoms with Crippen molar-refractivity contribution >= 4 is 6.09 Å². The van der Waals surface area contributed by atoms with Crippen molar-refractivity contribution in [2.24, 2.45) is 7.05 Å². The Labute approximate surface area is 162 Å². The van der Waals surface area contributed by atoms with Crippen LogP contribution in [0.25, 0.3) is 11.1 Å². The Morgan fingerprint density at radius 2 is 1.75 bits per heavy atom. The van der Waals surface area contributed by atoms with E-state index in [1.807, 2.05) is 24.3 Å². The third-order valence-corrected chi connectivity index (χ3v) is 5.63. The summed E-state index contributed by atoms with van der Waals surface area (Å²) in [6, 6.07) is 16.5. The van der Waals surface area contributed by atoms with E-state index in [2.05, 4.69) is 34.3 Å². The average molecular weight is 376 g/mol. The first-order valence-corrected chi connectivity index (χ1v) is 9.23. The number of nitrogens with zero attached hydrogens (tertiary/aromatic N) is 4. The molecule has 5 rings (SSSR count). The van der Waals surface area contributed by atoms with Gasteiger partial charge in [-0.1, -0.05) is 48.5 Å². The molecule has 0 unspecified atom stereocenters. The van der Waals surface area contributed by atoms with Crippen molar-refractivity contribution in [2.75, 3.05) is 19.7 Å². The van der Waals surface area contributed by atoms with Crippen molar-refractivity contribution in [2.45, 2.75) is 11.5 Å². The molecule has 0 spiro atoms. The maximum atomic E-state index is 12.5. The van der Waals surface area contributed by atoms with Gasteiger partial charge in [0, 0.05) is 13.0 Å². The number of ether oxygens (including phenoxy) is 1. The number of fused-ring (bicyclic) bond motifs is 3. The first-order chi connectivity index (χ1) is 13.6. The normalized spacial score (nSPS) is 17.0. The molecule has 1 aliphatic heterocycles. The van der Waals surface area contributed by atoms with Crippen molar-refractivity contribution < 1.29 is 14.6 Å². The van der Waals surface area contributed by atoms with E-state index in [4.69, 9.17) is 4.74 Å². The van der Waals surface area contributed by atoms with Gasteiger partial charge in [-0.05, 0) is 22.3 Å². The van der Waals surface area contributed by atoms with Gasteiger partial charge in [-0.2, -0.15) is 5.10 Å². The van der Waals surface area contributed by atoms with Crippen molar-refractivity contribution in [1.29, 1.82) is 0 Å². The highest BCUT2D eigenvalue weighted by Gasteiger charge is 2.49. The Morgan fingerprint density at radius 3 is 2.32 bits per heavy atom. The van der Waals surface area contributed by atoms with Gasteiger partial charge in [-0.15, -0.1) is 0 Å². The van der Waals surface area contributed by atoms with Gasteiger partial charge < -0.3 is 14.7 Å². The highest BCUT2D eigenvalue weighted by Crippen LogP contribution is 2.44. The number of hydrogen-bond donors (Lipinski definition) is 1. The number of carbonyl (C=O) groups is 1. The number of carbonyl (C=O) groups excluding carboxylic acids is 1. The minimum atomic E-state index is -1.17. The van der Waals surface area contributed by atoms with E-state index in [1.54, 1.807) is 7.05 Å². The lowest BCUT2D eigenvalue weighted by atomic mass is 9.94. The fourth-order valence-corrected chi connectivity index (χ4v) is 4.26. The molecule has 0 bridgehead atoms. The lowest BCUT2D eigenvalue weighted by Crippen LogP contribution is -2.62. The van der Waals surface area contributed by atoms with Crippen molar-refractivity contribution in [1.82, 2.24) is 19.7 Å². The van der Waals surface area contributed by atoms with E-state index in [0.717, 1.165) is 0 Å². The van der Waals surface area contributed by atoms with Crippen LogP contribution >= 0.6 is 0 Å². The van der Waals surface area contributed by atoms with Gasteiger partial charge in [0.1, 0.15) is 12.9 Å². The summed E-state index contributed by atoms with van der Waals surface area (Å²) in [6.07, 6.45) is 0.970. The van der Waals surface area contributed by atoms with Gasteiger partial charge >= 0.3 is 6.09 Å². The predicted octanol–water partition coefficient (Wildman–Crippen LogP) is 2.27. The van der Waals surface area contributed by atoms with Gasteiger partial charge in [-0.3, -0.25) is 4.68 Å². The van der Waals surface area contributed by atoms with Crippen LogP contribution in [0.3, 0.4) is 0 Å². The van der Waals surface area contributed by atoms with Gasteiger partial charge in [0.05, 0.1) is 13.1 Å². The Bertz CT molecular complexity index is 1010. The van der Waals surface area contributed by atoms with Crippen LogP contribution in [0.4, 0.5) is 4.79 Å². The van der Waals surface area contributed by atoms with Crippen LogP contribution in [-0.2, 0) is 17.4 Å². The largest absolute Gasteiger partial charge is 0.448 e. The number of β-amino-alcohol motifs (C(OH)–C–C–N with tert-alkyl or cyclic N) is 1. The lowest BCUT2D eigenvalue weighted by Gasteiger charge is -2.44. The second kappa shape index (κ2) is 6.17. The van der Waals surface area contributed by atoms with Crippen molar-refractivity contribution in [3.63, 3.8) is 0 Å². The van der Waals surface area contributed by atoms with E-state index in [-0.39, 0.29) is 25.6 Å². The minimum absolute atomic E-state index is 0.0234. The number of aromatic nitrogens is 3. The molecular weight excluding hydrogens is 356 g/mol. The number of rotatable bonds is 3. The van der Waals surface area contributed by atoms with Gasteiger partial charge in [0.15, 0.2) is 11.4 Å². The van der Waals surface area contributed by atoms with E-state index < -0.39 is 11.7 Å². The molecule has 2 aliphatic rings. The summed E-state index contributed by atoms with van der Waals surface area (Å²) >= 11 is 0. The number of benzene rings is 2. The smallest absolute Gasteiger partial charge is 0.410 e. The number of aryl methyl sites for hydroxylation is 1. The van der Waals surface area contributed by atoms with E-state index >= 15 is 0 Å². The number of aliphatic hydroxyl groups is 1. The molecule has 1 saturated heterocycles. The monoisotopic (exact) mass is 376 g/mol. The Kier molecular flexibility index (Phi) is 3.73. The molecule has 0 radical (unpaired) electrons.